The van der Waals surface area contributed by atoms with E-state index < -0.39 is 11.7 Å². The molecule has 0 saturated carbocycles. The average molecular weight is 474 g/mol. The number of halogens is 3. The Kier molecular flexibility index (Phi) is 8.71. The van der Waals surface area contributed by atoms with Gasteiger partial charge in [0.25, 0.3) is 0 Å². The Labute approximate surface area is 194 Å². The van der Waals surface area contributed by atoms with Crippen LogP contribution in [-0.2, 0) is 6.18 Å². The van der Waals surface area contributed by atoms with Crippen LogP contribution in [0.5, 0.6) is 0 Å². The standard InChI is InChI=1S/C22H25F3N8O/c1-15-11-20(27-8-7-26-9-10-34)32-21(30-15)33-29-14-18-5-6-19(13-28-18)31-17-4-2-3-16(12-17)22(23,24)25/h2-6,11-14,26,31,34H,7-10H2,1H3,(H2,27,30,32,33)/b29-14+. The van der Waals surface area contributed by atoms with E-state index in [0.717, 1.165) is 17.8 Å². The molecular weight excluding hydrogens is 449 g/mol. The van der Waals surface area contributed by atoms with Gasteiger partial charge in [0.1, 0.15) is 5.82 Å². The topological polar surface area (TPSA) is 119 Å². The van der Waals surface area contributed by atoms with Gasteiger partial charge in [-0.3, -0.25) is 4.98 Å². The summed E-state index contributed by atoms with van der Waals surface area (Å²) >= 11 is 0. The van der Waals surface area contributed by atoms with E-state index in [0.29, 0.717) is 48.5 Å². The second kappa shape index (κ2) is 11.9. The Hall–Kier alpha value is -3.77. The number of nitrogens with one attached hydrogen (secondary N) is 4. The van der Waals surface area contributed by atoms with Crippen molar-refractivity contribution in [2.24, 2.45) is 5.10 Å². The highest BCUT2D eigenvalue weighted by molar-refractivity contribution is 5.78. The quantitative estimate of drug-likeness (QED) is 0.163. The van der Waals surface area contributed by atoms with E-state index >= 15 is 0 Å². The SMILES string of the molecule is Cc1cc(NCCNCCO)nc(N/N=C/c2ccc(Nc3cccc(C(F)(F)F)c3)cn2)n1. The molecule has 34 heavy (non-hydrogen) atoms. The molecule has 5 N–H and O–H groups in total. The number of hydrazone groups is 1. The van der Waals surface area contributed by atoms with Crippen molar-refractivity contribution in [2.45, 2.75) is 13.1 Å². The van der Waals surface area contributed by atoms with E-state index in [1.807, 2.05) is 6.92 Å². The summed E-state index contributed by atoms with van der Waals surface area (Å²) in [6.45, 7) is 3.76. The molecule has 3 aromatic rings. The first-order chi connectivity index (χ1) is 16.3. The van der Waals surface area contributed by atoms with Crippen molar-refractivity contribution >= 4 is 29.4 Å². The number of aliphatic hydroxyl groups excluding tert-OH is 1. The third kappa shape index (κ3) is 7.98. The van der Waals surface area contributed by atoms with Crippen LogP contribution in [0.4, 0.5) is 36.3 Å². The summed E-state index contributed by atoms with van der Waals surface area (Å²) in [4.78, 5) is 12.8. The zero-order valence-electron chi connectivity index (χ0n) is 18.4. The minimum atomic E-state index is -4.40. The Morgan fingerprint density at radius 2 is 1.88 bits per heavy atom. The molecule has 2 aromatic heterocycles. The summed E-state index contributed by atoms with van der Waals surface area (Å²) < 4.78 is 38.6. The first-order valence-electron chi connectivity index (χ1n) is 10.4. The van der Waals surface area contributed by atoms with Crippen LogP contribution >= 0.6 is 0 Å². The van der Waals surface area contributed by atoms with Crippen LogP contribution in [0.3, 0.4) is 0 Å². The predicted octanol–water partition coefficient (Wildman–Crippen LogP) is 3.38. The van der Waals surface area contributed by atoms with Crippen LogP contribution in [0.1, 0.15) is 17.0 Å². The second-order valence-electron chi connectivity index (χ2n) is 7.16. The number of pyridine rings is 1. The predicted molar refractivity (Wildman–Crippen MR) is 125 cm³/mol. The number of nitrogens with zero attached hydrogens (tertiary/aromatic N) is 4. The van der Waals surface area contributed by atoms with Gasteiger partial charge in [0, 0.05) is 37.1 Å². The van der Waals surface area contributed by atoms with Crippen LogP contribution in [0.25, 0.3) is 0 Å². The summed E-state index contributed by atoms with van der Waals surface area (Å²) in [5.41, 5.74) is 4.16. The lowest BCUT2D eigenvalue weighted by Gasteiger charge is -2.10. The molecule has 3 rings (SSSR count). The van der Waals surface area contributed by atoms with Crippen LogP contribution in [0, 0.1) is 6.92 Å². The Morgan fingerprint density at radius 1 is 1.03 bits per heavy atom. The summed E-state index contributed by atoms with van der Waals surface area (Å²) in [6.07, 6.45) is -1.43. The van der Waals surface area contributed by atoms with E-state index in [4.69, 9.17) is 5.11 Å². The van der Waals surface area contributed by atoms with Gasteiger partial charge >= 0.3 is 6.18 Å². The number of alkyl halides is 3. The van der Waals surface area contributed by atoms with Gasteiger partial charge in [0.15, 0.2) is 0 Å². The molecule has 0 radical (unpaired) electrons. The third-order valence-electron chi connectivity index (χ3n) is 4.38. The summed E-state index contributed by atoms with van der Waals surface area (Å²) in [5.74, 6) is 0.948. The maximum Gasteiger partial charge on any atom is 0.416 e. The van der Waals surface area contributed by atoms with E-state index in [1.165, 1.54) is 18.5 Å². The number of anilines is 4. The van der Waals surface area contributed by atoms with Crippen molar-refractivity contribution in [3.05, 3.63) is 65.6 Å². The van der Waals surface area contributed by atoms with Crippen LogP contribution in [-0.4, -0.2) is 52.5 Å². The number of benzene rings is 1. The molecule has 12 heteroatoms. The minimum absolute atomic E-state index is 0.0859. The highest BCUT2D eigenvalue weighted by Crippen LogP contribution is 2.31. The largest absolute Gasteiger partial charge is 0.416 e. The number of aliphatic hydroxyl groups is 1. The molecule has 0 fully saturated rings. The Balaban J connectivity index is 1.55. The van der Waals surface area contributed by atoms with Gasteiger partial charge in [-0.15, -0.1) is 0 Å². The van der Waals surface area contributed by atoms with Gasteiger partial charge in [-0.2, -0.15) is 23.3 Å². The monoisotopic (exact) mass is 474 g/mol. The lowest BCUT2D eigenvalue weighted by Crippen LogP contribution is -2.25. The van der Waals surface area contributed by atoms with Gasteiger partial charge in [-0.25, -0.2) is 10.4 Å². The highest BCUT2D eigenvalue weighted by Gasteiger charge is 2.30. The molecule has 0 unspecified atom stereocenters. The van der Waals surface area contributed by atoms with Crippen LogP contribution < -0.4 is 21.4 Å². The summed E-state index contributed by atoms with van der Waals surface area (Å²) in [6, 6.07) is 10.1. The first kappa shape index (κ1) is 24.9. The summed E-state index contributed by atoms with van der Waals surface area (Å²) in [5, 5.41) is 22.0. The maximum absolute atomic E-state index is 12.9. The molecule has 0 aliphatic heterocycles. The van der Waals surface area contributed by atoms with Gasteiger partial charge in [0.2, 0.25) is 5.95 Å². The Bertz CT molecular complexity index is 1090. The van der Waals surface area contributed by atoms with Crippen molar-refractivity contribution in [3.8, 4) is 0 Å². The van der Waals surface area contributed by atoms with E-state index in [9.17, 15) is 13.2 Å². The molecule has 0 aliphatic rings. The second-order valence-corrected chi connectivity index (χ2v) is 7.16. The summed E-state index contributed by atoms with van der Waals surface area (Å²) in [7, 11) is 0. The zero-order chi connectivity index (χ0) is 24.4. The number of aromatic nitrogens is 3. The molecule has 2 heterocycles. The van der Waals surface area contributed by atoms with Crippen LogP contribution in [0.15, 0.2) is 53.8 Å². The molecule has 180 valence electrons. The van der Waals surface area contributed by atoms with Crippen molar-refractivity contribution in [1.82, 2.24) is 20.3 Å². The number of hydrogen-bond donors (Lipinski definition) is 5. The molecule has 0 bridgehead atoms. The zero-order valence-corrected chi connectivity index (χ0v) is 18.4. The maximum atomic E-state index is 12.9. The molecule has 9 nitrogen and oxygen atoms in total. The lowest BCUT2D eigenvalue weighted by atomic mass is 10.2. The fourth-order valence-electron chi connectivity index (χ4n) is 2.84. The highest BCUT2D eigenvalue weighted by atomic mass is 19.4. The first-order valence-corrected chi connectivity index (χ1v) is 10.4. The smallest absolute Gasteiger partial charge is 0.395 e. The van der Waals surface area contributed by atoms with E-state index in [2.05, 4.69) is 41.4 Å². The number of aryl methyl sites for hydroxylation is 1. The van der Waals surface area contributed by atoms with Crippen molar-refractivity contribution < 1.29 is 18.3 Å². The van der Waals surface area contributed by atoms with Gasteiger partial charge in [-0.1, -0.05) is 6.07 Å². The third-order valence-corrected chi connectivity index (χ3v) is 4.38. The molecule has 0 amide bonds. The molecular formula is C22H25F3N8O. The van der Waals surface area contributed by atoms with Crippen LogP contribution in [0.2, 0.25) is 0 Å². The number of hydrogen-bond acceptors (Lipinski definition) is 9. The van der Waals surface area contributed by atoms with Crippen molar-refractivity contribution in [2.75, 3.05) is 42.3 Å². The lowest BCUT2D eigenvalue weighted by molar-refractivity contribution is -0.137. The van der Waals surface area contributed by atoms with Crippen molar-refractivity contribution in [3.63, 3.8) is 0 Å². The van der Waals surface area contributed by atoms with E-state index in [1.54, 1.807) is 24.3 Å². The molecule has 0 saturated heterocycles. The van der Waals surface area contributed by atoms with Gasteiger partial charge in [-0.05, 0) is 37.3 Å². The molecule has 1 aromatic carbocycles. The van der Waals surface area contributed by atoms with Crippen molar-refractivity contribution in [1.29, 1.82) is 0 Å². The average Bonchev–Trinajstić information content (AvgIpc) is 2.79. The fraction of sp³-hybridized carbons (Fsp3) is 0.273. The minimum Gasteiger partial charge on any atom is -0.395 e. The van der Waals surface area contributed by atoms with Gasteiger partial charge in [0.05, 0.1) is 36.0 Å². The normalized spacial score (nSPS) is 11.6. The Morgan fingerprint density at radius 3 is 2.62 bits per heavy atom. The fourth-order valence-corrected chi connectivity index (χ4v) is 2.84. The molecule has 0 spiro atoms. The van der Waals surface area contributed by atoms with E-state index in [-0.39, 0.29) is 6.61 Å². The number of rotatable bonds is 11. The molecule has 0 atom stereocenters. The van der Waals surface area contributed by atoms with Gasteiger partial charge < -0.3 is 21.1 Å². The molecule has 0 aliphatic carbocycles.